The van der Waals surface area contributed by atoms with Crippen molar-refractivity contribution in [3.8, 4) is 0 Å². The molecule has 17 heteroatoms. The number of aliphatic hydroxyl groups excluding tert-OH is 2. The fraction of sp³-hybridized carbons (Fsp3) is 0.786. The van der Waals surface area contributed by atoms with E-state index in [0.29, 0.717) is 25.8 Å². The summed E-state index contributed by atoms with van der Waals surface area (Å²) in [5, 5.41) is 39.5. The van der Waals surface area contributed by atoms with Gasteiger partial charge in [0.1, 0.15) is 36.3 Å². The lowest BCUT2D eigenvalue weighted by Gasteiger charge is -2.30. The molecule has 8 atom stereocenters. The van der Waals surface area contributed by atoms with Crippen LogP contribution in [-0.4, -0.2) is 123 Å². The number of hydrogen-bond acceptors (Lipinski definition) is 11. The summed E-state index contributed by atoms with van der Waals surface area (Å²) in [6.07, 6.45) is -0.523. The molecule has 0 unspecified atom stereocenters. The summed E-state index contributed by atoms with van der Waals surface area (Å²) < 4.78 is 0. The van der Waals surface area contributed by atoms with Crippen molar-refractivity contribution in [2.24, 2.45) is 17.4 Å². The number of nitrogens with two attached hydrogens (primary N) is 2. The van der Waals surface area contributed by atoms with E-state index in [0.717, 1.165) is 4.90 Å². The topological polar surface area (TPSA) is 267 Å². The molecule has 5 amide bonds. The van der Waals surface area contributed by atoms with Crippen molar-refractivity contribution in [1.29, 1.82) is 0 Å². The highest BCUT2D eigenvalue weighted by molar-refractivity contribution is 7.80. The number of unbranched alkanes of at least 4 members (excludes halogenated alkanes) is 1. The summed E-state index contributed by atoms with van der Waals surface area (Å²) in [7, 11) is 0. The van der Waals surface area contributed by atoms with Gasteiger partial charge in [-0.3, -0.25) is 24.0 Å². The Balaban J connectivity index is 3.09. The summed E-state index contributed by atoms with van der Waals surface area (Å²) in [6, 6.07) is -7.36. The molecule has 0 bridgehead atoms. The molecule has 1 aliphatic heterocycles. The highest BCUT2D eigenvalue weighted by atomic mass is 32.1. The number of carboxylic acids is 1. The highest BCUT2D eigenvalue weighted by Gasteiger charge is 2.40. The number of rotatable bonds is 19. The quantitative estimate of drug-likeness (QED) is 0.0499. The number of nitrogens with zero attached hydrogens (tertiary/aromatic N) is 1. The summed E-state index contributed by atoms with van der Waals surface area (Å²) in [6.45, 7) is 6.76. The van der Waals surface area contributed by atoms with Crippen molar-refractivity contribution in [3.05, 3.63) is 0 Å². The first-order valence-electron chi connectivity index (χ1n) is 15.2. The maximum atomic E-state index is 13.4. The molecule has 258 valence electrons. The van der Waals surface area contributed by atoms with Gasteiger partial charge in [0.2, 0.25) is 29.5 Å². The first-order valence-corrected chi connectivity index (χ1v) is 15.9. The van der Waals surface area contributed by atoms with Crippen LogP contribution < -0.4 is 32.7 Å². The van der Waals surface area contributed by atoms with E-state index in [-0.39, 0.29) is 37.5 Å². The van der Waals surface area contributed by atoms with Gasteiger partial charge in [-0.05, 0) is 64.8 Å². The molecule has 16 nitrogen and oxygen atoms in total. The van der Waals surface area contributed by atoms with Gasteiger partial charge in [-0.15, -0.1) is 0 Å². The van der Waals surface area contributed by atoms with E-state index in [1.165, 1.54) is 13.8 Å². The van der Waals surface area contributed by atoms with Gasteiger partial charge in [-0.2, -0.15) is 12.6 Å². The minimum Gasteiger partial charge on any atom is -0.480 e. The van der Waals surface area contributed by atoms with Crippen molar-refractivity contribution in [2.45, 2.75) is 115 Å². The van der Waals surface area contributed by atoms with Crippen LogP contribution in [0.15, 0.2) is 0 Å². The maximum absolute atomic E-state index is 13.4. The van der Waals surface area contributed by atoms with E-state index in [1.807, 2.05) is 13.8 Å². The molecular formula is C28H51N7O9S. The van der Waals surface area contributed by atoms with Crippen LogP contribution >= 0.6 is 12.6 Å². The lowest BCUT2D eigenvalue weighted by molar-refractivity contribution is -0.150. The van der Waals surface area contributed by atoms with Gasteiger partial charge in [0, 0.05) is 12.3 Å². The molecular weight excluding hydrogens is 610 g/mol. The van der Waals surface area contributed by atoms with Crippen LogP contribution in [-0.2, 0) is 28.8 Å². The largest absolute Gasteiger partial charge is 0.480 e. The first-order chi connectivity index (χ1) is 21.0. The number of carbonyl (C=O) groups excluding carboxylic acids is 5. The minimum absolute atomic E-state index is 0.0403. The zero-order valence-corrected chi connectivity index (χ0v) is 27.3. The molecule has 0 aromatic heterocycles. The van der Waals surface area contributed by atoms with Gasteiger partial charge in [0.25, 0.3) is 0 Å². The van der Waals surface area contributed by atoms with Crippen molar-refractivity contribution < 1.29 is 44.1 Å². The number of likely N-dealkylation sites (tertiary alicyclic amines) is 1. The van der Waals surface area contributed by atoms with Crippen LogP contribution in [0.25, 0.3) is 0 Å². The van der Waals surface area contributed by atoms with E-state index in [9.17, 15) is 44.1 Å². The SMILES string of the molecule is CC(C)C[C@H](NC(=O)[C@@H](N)[C@@H](C)O)C(=O)N[C@@H](CCCCN)C(=O)N[C@@H](CS)C(=O)N[C@H](C(=O)N1CCC[C@H]1C(=O)O)[C@@H](C)O. The molecule has 1 rings (SSSR count). The van der Waals surface area contributed by atoms with Crippen LogP contribution in [0.2, 0.25) is 0 Å². The second-order valence-electron chi connectivity index (χ2n) is 11.8. The molecule has 1 heterocycles. The van der Waals surface area contributed by atoms with Crippen LogP contribution in [0.5, 0.6) is 0 Å². The van der Waals surface area contributed by atoms with Gasteiger partial charge >= 0.3 is 5.97 Å². The normalized spacial score (nSPS) is 19.4. The van der Waals surface area contributed by atoms with Crippen LogP contribution in [0.4, 0.5) is 0 Å². The molecule has 45 heavy (non-hydrogen) atoms. The third kappa shape index (κ3) is 12.7. The van der Waals surface area contributed by atoms with E-state index in [4.69, 9.17) is 11.5 Å². The molecule has 11 N–H and O–H groups in total. The molecule has 0 aromatic carbocycles. The zero-order valence-electron chi connectivity index (χ0n) is 26.4. The van der Waals surface area contributed by atoms with Crippen LogP contribution in [0.3, 0.4) is 0 Å². The molecule has 0 saturated carbocycles. The average molecular weight is 662 g/mol. The number of aliphatic carboxylic acids is 1. The monoisotopic (exact) mass is 661 g/mol. The van der Waals surface area contributed by atoms with Gasteiger partial charge in [0.15, 0.2) is 0 Å². The van der Waals surface area contributed by atoms with Gasteiger partial charge in [0.05, 0.1) is 12.2 Å². The molecule has 0 radical (unpaired) electrons. The van der Waals surface area contributed by atoms with Crippen molar-refractivity contribution in [2.75, 3.05) is 18.8 Å². The fourth-order valence-electron chi connectivity index (χ4n) is 4.80. The summed E-state index contributed by atoms with van der Waals surface area (Å²) >= 11 is 4.16. The highest BCUT2D eigenvalue weighted by Crippen LogP contribution is 2.19. The number of thiol groups is 1. The number of carbonyl (C=O) groups is 6. The number of nitrogens with one attached hydrogen (secondary N) is 4. The van der Waals surface area contributed by atoms with Gasteiger partial charge in [-0.25, -0.2) is 4.79 Å². The summed E-state index contributed by atoms with van der Waals surface area (Å²) in [4.78, 5) is 78.1. The number of amides is 5. The predicted molar refractivity (Wildman–Crippen MR) is 168 cm³/mol. The Labute approximate surface area is 269 Å². The van der Waals surface area contributed by atoms with Crippen molar-refractivity contribution >= 4 is 48.1 Å². The number of aliphatic hydroxyl groups is 2. The smallest absolute Gasteiger partial charge is 0.326 e. The predicted octanol–water partition coefficient (Wildman–Crippen LogP) is -2.80. The molecule has 0 aromatic rings. The molecule has 1 aliphatic rings. The maximum Gasteiger partial charge on any atom is 0.326 e. The van der Waals surface area contributed by atoms with Crippen LogP contribution in [0.1, 0.15) is 66.2 Å². The Bertz CT molecular complexity index is 1030. The molecule has 0 aliphatic carbocycles. The lowest BCUT2D eigenvalue weighted by atomic mass is 10.0. The Morgan fingerprint density at radius 2 is 1.40 bits per heavy atom. The third-order valence-corrected chi connectivity index (χ3v) is 7.79. The van der Waals surface area contributed by atoms with Gasteiger partial charge in [-0.1, -0.05) is 13.8 Å². The van der Waals surface area contributed by atoms with Crippen LogP contribution in [0, 0.1) is 5.92 Å². The van der Waals surface area contributed by atoms with Gasteiger partial charge < -0.3 is 53.0 Å². The van der Waals surface area contributed by atoms with Crippen molar-refractivity contribution in [1.82, 2.24) is 26.2 Å². The van der Waals surface area contributed by atoms with E-state index < -0.39 is 84.0 Å². The van der Waals surface area contributed by atoms with E-state index in [1.54, 1.807) is 0 Å². The summed E-state index contributed by atoms with van der Waals surface area (Å²) in [5.41, 5.74) is 11.3. The molecule has 1 saturated heterocycles. The Morgan fingerprint density at radius 3 is 1.91 bits per heavy atom. The van der Waals surface area contributed by atoms with E-state index in [2.05, 4.69) is 33.9 Å². The lowest BCUT2D eigenvalue weighted by Crippen LogP contribution is -2.61. The average Bonchev–Trinajstić information content (AvgIpc) is 3.47. The molecule has 1 fully saturated rings. The zero-order chi connectivity index (χ0) is 34.4. The second-order valence-corrected chi connectivity index (χ2v) is 12.2. The number of carboxylic acid groups (broad SMARTS) is 1. The Hall–Kier alpha value is -2.99. The Morgan fingerprint density at radius 1 is 0.844 bits per heavy atom. The first kappa shape index (κ1) is 40.0. The third-order valence-electron chi connectivity index (χ3n) is 7.43. The fourth-order valence-corrected chi connectivity index (χ4v) is 5.06. The van der Waals surface area contributed by atoms with Crippen molar-refractivity contribution in [3.63, 3.8) is 0 Å². The second kappa shape index (κ2) is 19.5. The molecule has 0 spiro atoms. The standard InChI is InChI=1S/C28H51N7O9S/c1-14(2)12-18(32-26(41)21(30)15(3)36)24(39)31-17(8-5-6-10-29)23(38)33-19(13-45)25(40)34-22(16(4)37)27(42)35-11-7-9-20(35)28(43)44/h14-22,36-37,45H,5-13,29-30H2,1-4H3,(H,31,39)(H,32,41)(H,33,38)(H,34,40)(H,43,44)/t15-,16-,17+,18+,19+,20+,21+,22+/m1/s1. The number of hydrogen-bond donors (Lipinski definition) is 10. The minimum atomic E-state index is -1.48. The van der Waals surface area contributed by atoms with E-state index >= 15 is 0 Å². The summed E-state index contributed by atoms with van der Waals surface area (Å²) in [5.74, 6) is -5.23. The Kier molecular flexibility index (Phi) is 17.4.